The lowest BCUT2D eigenvalue weighted by molar-refractivity contribution is -0.121. The summed E-state index contributed by atoms with van der Waals surface area (Å²) in [5.74, 6) is -0.309. The summed E-state index contributed by atoms with van der Waals surface area (Å²) in [6, 6.07) is 11.1. The predicted molar refractivity (Wildman–Crippen MR) is 81.1 cm³/mol. The third-order valence-corrected chi connectivity index (χ3v) is 4.03. The molecule has 20 heavy (non-hydrogen) atoms. The topological polar surface area (TPSA) is 58.4 Å². The van der Waals surface area contributed by atoms with E-state index in [0.717, 1.165) is 32.5 Å². The molecule has 1 aliphatic heterocycles. The van der Waals surface area contributed by atoms with E-state index >= 15 is 0 Å². The number of hydrogen-bond donors (Lipinski definition) is 2. The third-order valence-electron chi connectivity index (χ3n) is 4.03. The van der Waals surface area contributed by atoms with Crippen molar-refractivity contribution in [1.82, 2.24) is 10.2 Å². The lowest BCUT2D eigenvalue weighted by Gasteiger charge is -2.32. The third kappa shape index (κ3) is 4.62. The molecule has 110 valence electrons. The molecule has 1 fully saturated rings. The molecule has 1 aromatic rings. The van der Waals surface area contributed by atoms with Crippen LogP contribution in [0.15, 0.2) is 30.3 Å². The van der Waals surface area contributed by atoms with Crippen molar-refractivity contribution in [3.63, 3.8) is 0 Å². The van der Waals surface area contributed by atoms with E-state index in [1.165, 1.54) is 5.56 Å². The van der Waals surface area contributed by atoms with Crippen LogP contribution in [0.25, 0.3) is 0 Å². The Labute approximate surface area is 121 Å². The van der Waals surface area contributed by atoms with Crippen molar-refractivity contribution in [2.45, 2.75) is 32.4 Å². The Morgan fingerprint density at radius 1 is 1.35 bits per heavy atom. The second-order valence-corrected chi connectivity index (χ2v) is 5.75. The fraction of sp³-hybridized carbons (Fsp3) is 0.562. The summed E-state index contributed by atoms with van der Waals surface area (Å²) in [6.45, 7) is 5.82. The number of primary amides is 1. The molecule has 1 heterocycles. The molecule has 0 aliphatic carbocycles. The predicted octanol–water partition coefficient (Wildman–Crippen LogP) is 1.36. The fourth-order valence-electron chi connectivity index (χ4n) is 2.58. The average molecular weight is 275 g/mol. The van der Waals surface area contributed by atoms with Gasteiger partial charge in [-0.15, -0.1) is 0 Å². The van der Waals surface area contributed by atoms with E-state index in [2.05, 4.69) is 40.5 Å². The number of carbonyl (C=O) groups excluding carboxylic acids is 1. The minimum Gasteiger partial charge on any atom is -0.369 e. The molecular formula is C16H25N3O. The lowest BCUT2D eigenvalue weighted by Crippen LogP contribution is -2.44. The monoisotopic (exact) mass is 275 g/mol. The first-order valence-electron chi connectivity index (χ1n) is 7.44. The summed E-state index contributed by atoms with van der Waals surface area (Å²) in [4.78, 5) is 13.5. The van der Waals surface area contributed by atoms with Gasteiger partial charge in [-0.1, -0.05) is 37.3 Å². The molecule has 0 aromatic heterocycles. The summed E-state index contributed by atoms with van der Waals surface area (Å²) in [6.07, 6.45) is 2.27. The van der Waals surface area contributed by atoms with E-state index in [-0.39, 0.29) is 11.8 Å². The summed E-state index contributed by atoms with van der Waals surface area (Å²) in [5.41, 5.74) is 6.65. The van der Waals surface area contributed by atoms with E-state index in [1.54, 1.807) is 0 Å². The Kier molecular flexibility index (Phi) is 5.56. The Morgan fingerprint density at radius 2 is 2.00 bits per heavy atom. The molecule has 1 aromatic carbocycles. The van der Waals surface area contributed by atoms with E-state index < -0.39 is 0 Å². The summed E-state index contributed by atoms with van der Waals surface area (Å²) >= 11 is 0. The Hall–Kier alpha value is -1.39. The second kappa shape index (κ2) is 7.41. The number of carbonyl (C=O) groups is 1. The van der Waals surface area contributed by atoms with Gasteiger partial charge >= 0.3 is 0 Å². The van der Waals surface area contributed by atoms with Crippen LogP contribution in [0, 0.1) is 5.92 Å². The van der Waals surface area contributed by atoms with E-state index in [9.17, 15) is 4.79 Å². The second-order valence-electron chi connectivity index (χ2n) is 5.75. The molecule has 1 saturated heterocycles. The molecule has 3 N–H and O–H groups in total. The largest absolute Gasteiger partial charge is 0.369 e. The molecular weight excluding hydrogens is 250 g/mol. The molecule has 0 bridgehead atoms. The molecule has 4 heteroatoms. The highest BCUT2D eigenvalue weighted by atomic mass is 16.1. The number of nitrogens with two attached hydrogens (primary N) is 1. The number of piperidine rings is 1. The molecule has 1 amide bonds. The minimum absolute atomic E-state index is 0.0858. The van der Waals surface area contributed by atoms with Gasteiger partial charge in [-0.25, -0.2) is 0 Å². The van der Waals surface area contributed by atoms with Gasteiger partial charge in [0, 0.05) is 25.0 Å². The van der Waals surface area contributed by atoms with Crippen molar-refractivity contribution in [1.29, 1.82) is 0 Å². The SMILES string of the molecule is CC(CNC1CCN(Cc2ccccc2)CC1)C(N)=O. The van der Waals surface area contributed by atoms with Gasteiger partial charge in [0.25, 0.3) is 0 Å². The maximum Gasteiger partial charge on any atom is 0.221 e. The zero-order valence-corrected chi connectivity index (χ0v) is 12.2. The molecule has 0 saturated carbocycles. The number of nitrogens with one attached hydrogen (secondary N) is 1. The molecule has 2 rings (SSSR count). The number of amides is 1. The van der Waals surface area contributed by atoms with Crippen LogP contribution in [-0.4, -0.2) is 36.5 Å². The highest BCUT2D eigenvalue weighted by Crippen LogP contribution is 2.14. The molecule has 0 radical (unpaired) electrons. The van der Waals surface area contributed by atoms with Gasteiger partial charge in [0.05, 0.1) is 0 Å². The molecule has 1 aliphatic rings. The van der Waals surface area contributed by atoms with E-state index in [1.807, 2.05) is 6.92 Å². The van der Waals surface area contributed by atoms with Crippen molar-refractivity contribution in [3.8, 4) is 0 Å². The van der Waals surface area contributed by atoms with Crippen LogP contribution in [-0.2, 0) is 11.3 Å². The highest BCUT2D eigenvalue weighted by molar-refractivity contribution is 5.76. The number of nitrogens with zero attached hydrogens (tertiary/aromatic N) is 1. The van der Waals surface area contributed by atoms with Gasteiger partial charge < -0.3 is 11.1 Å². The average Bonchev–Trinajstić information content (AvgIpc) is 2.47. The highest BCUT2D eigenvalue weighted by Gasteiger charge is 2.20. The number of rotatable bonds is 6. The Morgan fingerprint density at radius 3 is 2.60 bits per heavy atom. The summed E-state index contributed by atoms with van der Waals surface area (Å²) in [5, 5.41) is 3.46. The van der Waals surface area contributed by atoms with Crippen LogP contribution >= 0.6 is 0 Å². The van der Waals surface area contributed by atoms with Gasteiger partial charge in [0.2, 0.25) is 5.91 Å². The van der Waals surface area contributed by atoms with E-state index in [0.29, 0.717) is 12.6 Å². The normalized spacial score (nSPS) is 18.9. The Bertz CT molecular complexity index is 413. The van der Waals surface area contributed by atoms with Crippen LogP contribution < -0.4 is 11.1 Å². The lowest BCUT2D eigenvalue weighted by atomic mass is 10.0. The van der Waals surface area contributed by atoms with Crippen LogP contribution in [0.5, 0.6) is 0 Å². The first-order chi connectivity index (χ1) is 9.65. The van der Waals surface area contributed by atoms with Gasteiger partial charge in [-0.3, -0.25) is 9.69 Å². The van der Waals surface area contributed by atoms with Crippen molar-refractivity contribution in [3.05, 3.63) is 35.9 Å². The van der Waals surface area contributed by atoms with E-state index in [4.69, 9.17) is 5.73 Å². The molecule has 0 spiro atoms. The standard InChI is InChI=1S/C16H25N3O/c1-13(16(17)20)11-18-15-7-9-19(10-8-15)12-14-5-3-2-4-6-14/h2-6,13,15,18H,7-12H2,1H3,(H2,17,20). The van der Waals surface area contributed by atoms with Crippen LogP contribution in [0.4, 0.5) is 0 Å². The minimum atomic E-state index is -0.223. The van der Waals surface area contributed by atoms with Crippen molar-refractivity contribution in [2.75, 3.05) is 19.6 Å². The number of benzene rings is 1. The van der Waals surface area contributed by atoms with Crippen LogP contribution in [0.1, 0.15) is 25.3 Å². The fourth-order valence-corrected chi connectivity index (χ4v) is 2.58. The van der Waals surface area contributed by atoms with Gasteiger partial charge in [0.15, 0.2) is 0 Å². The number of hydrogen-bond acceptors (Lipinski definition) is 3. The first kappa shape index (κ1) is 15.0. The number of likely N-dealkylation sites (tertiary alicyclic amines) is 1. The first-order valence-corrected chi connectivity index (χ1v) is 7.44. The summed E-state index contributed by atoms with van der Waals surface area (Å²) < 4.78 is 0. The maximum absolute atomic E-state index is 11.0. The maximum atomic E-state index is 11.0. The van der Waals surface area contributed by atoms with Crippen LogP contribution in [0.3, 0.4) is 0 Å². The van der Waals surface area contributed by atoms with Crippen LogP contribution in [0.2, 0.25) is 0 Å². The van der Waals surface area contributed by atoms with Gasteiger partial charge in [-0.05, 0) is 31.5 Å². The van der Waals surface area contributed by atoms with Crippen molar-refractivity contribution >= 4 is 5.91 Å². The zero-order chi connectivity index (χ0) is 14.4. The Balaban J connectivity index is 1.69. The molecule has 1 unspecified atom stereocenters. The molecule has 4 nitrogen and oxygen atoms in total. The molecule has 1 atom stereocenters. The zero-order valence-electron chi connectivity index (χ0n) is 12.2. The summed E-state index contributed by atoms with van der Waals surface area (Å²) in [7, 11) is 0. The quantitative estimate of drug-likeness (QED) is 0.824. The van der Waals surface area contributed by atoms with Crippen molar-refractivity contribution < 1.29 is 4.79 Å². The van der Waals surface area contributed by atoms with Crippen molar-refractivity contribution in [2.24, 2.45) is 11.7 Å². The smallest absolute Gasteiger partial charge is 0.221 e. The van der Waals surface area contributed by atoms with Gasteiger partial charge in [0.1, 0.15) is 0 Å². The van der Waals surface area contributed by atoms with Gasteiger partial charge in [-0.2, -0.15) is 0 Å².